The predicted octanol–water partition coefficient (Wildman–Crippen LogP) is 4.74. The third-order valence-corrected chi connectivity index (χ3v) is 9.27. The molecule has 0 spiro atoms. The van der Waals surface area contributed by atoms with E-state index in [1.165, 1.54) is 4.31 Å². The summed E-state index contributed by atoms with van der Waals surface area (Å²) in [4.78, 5) is 12.3. The Morgan fingerprint density at radius 3 is 2.38 bits per heavy atom. The molecule has 1 aliphatic rings. The Hall–Kier alpha value is -2.03. The molecule has 0 bridgehead atoms. The molecule has 0 saturated carbocycles. The number of benzene rings is 2. The highest BCUT2D eigenvalue weighted by molar-refractivity contribution is 7.99. The fourth-order valence-corrected chi connectivity index (χ4v) is 7.14. The molecular formula is C24H31NO5S2. The Bertz CT molecular complexity index is 1010. The number of thioether (sulfide) groups is 1. The van der Waals surface area contributed by atoms with Crippen molar-refractivity contribution in [1.29, 1.82) is 0 Å². The zero-order valence-corrected chi connectivity index (χ0v) is 20.4. The number of sulfonamides is 1. The highest BCUT2D eigenvalue weighted by Crippen LogP contribution is 2.42. The van der Waals surface area contributed by atoms with E-state index < -0.39 is 28.0 Å². The first-order valence-electron chi connectivity index (χ1n) is 10.8. The Morgan fingerprint density at radius 2 is 1.81 bits per heavy atom. The number of piperidine rings is 1. The van der Waals surface area contributed by atoms with Crippen molar-refractivity contribution in [3.63, 3.8) is 0 Å². The van der Waals surface area contributed by atoms with Gasteiger partial charge in [0.05, 0.1) is 24.0 Å². The number of carboxylic acid groups (broad SMARTS) is 1. The first kappa shape index (κ1) is 24.6. The van der Waals surface area contributed by atoms with Crippen molar-refractivity contribution in [2.75, 3.05) is 19.4 Å². The average molecular weight is 478 g/mol. The van der Waals surface area contributed by atoms with E-state index in [-0.39, 0.29) is 16.7 Å². The second-order valence-corrected chi connectivity index (χ2v) is 11.4. The van der Waals surface area contributed by atoms with Crippen molar-refractivity contribution in [3.05, 3.63) is 59.7 Å². The fourth-order valence-electron chi connectivity index (χ4n) is 3.98. The molecule has 1 aliphatic heterocycles. The number of hydrogen-bond donors (Lipinski definition) is 1. The first-order chi connectivity index (χ1) is 15.3. The van der Waals surface area contributed by atoms with Gasteiger partial charge in [-0.15, -0.1) is 0 Å². The molecule has 0 amide bonds. The summed E-state index contributed by atoms with van der Waals surface area (Å²) in [6.45, 7) is 3.95. The van der Waals surface area contributed by atoms with Gasteiger partial charge in [0.15, 0.2) is 0 Å². The summed E-state index contributed by atoms with van der Waals surface area (Å²) in [5.74, 6) is -0.150. The van der Waals surface area contributed by atoms with Crippen LogP contribution in [0.1, 0.15) is 43.4 Å². The number of methoxy groups -OCH3 is 1. The Balaban J connectivity index is 2.01. The van der Waals surface area contributed by atoms with Crippen LogP contribution in [-0.2, 0) is 14.8 Å². The van der Waals surface area contributed by atoms with Gasteiger partial charge in [0.1, 0.15) is 5.75 Å². The van der Waals surface area contributed by atoms with E-state index in [9.17, 15) is 18.3 Å². The Labute approximate surface area is 195 Å². The van der Waals surface area contributed by atoms with E-state index in [0.717, 1.165) is 29.7 Å². The summed E-state index contributed by atoms with van der Waals surface area (Å²) in [6.07, 6.45) is 2.49. The number of rotatable bonds is 9. The zero-order valence-electron chi connectivity index (χ0n) is 18.7. The smallest absolute Gasteiger partial charge is 0.308 e. The first-order valence-corrected chi connectivity index (χ1v) is 13.3. The molecule has 1 fully saturated rings. The number of aliphatic carboxylic acids is 1. The summed E-state index contributed by atoms with van der Waals surface area (Å²) in [5.41, 5.74) is 1.80. The molecule has 8 heteroatoms. The molecule has 3 atom stereocenters. The van der Waals surface area contributed by atoms with Gasteiger partial charge in [-0.3, -0.25) is 4.79 Å². The SMILES string of the molecule is CCCCS[C@@H]1C[C@@H](c2ccc(OC)cc2)N(S(=O)(=O)c2ccc(C)cc2)C[C@H]1C(=O)O. The number of carboxylic acids is 1. The van der Waals surface area contributed by atoms with Crippen molar-refractivity contribution >= 4 is 27.8 Å². The van der Waals surface area contributed by atoms with Gasteiger partial charge in [-0.1, -0.05) is 43.2 Å². The Kier molecular flexibility index (Phi) is 8.25. The predicted molar refractivity (Wildman–Crippen MR) is 128 cm³/mol. The van der Waals surface area contributed by atoms with Crippen LogP contribution in [0.15, 0.2) is 53.4 Å². The van der Waals surface area contributed by atoms with E-state index in [4.69, 9.17) is 4.74 Å². The lowest BCUT2D eigenvalue weighted by Gasteiger charge is -2.41. The maximum absolute atomic E-state index is 13.6. The van der Waals surface area contributed by atoms with Crippen LogP contribution < -0.4 is 4.74 Å². The van der Waals surface area contributed by atoms with Gasteiger partial charge in [0.2, 0.25) is 10.0 Å². The van der Waals surface area contributed by atoms with Crippen molar-refractivity contribution in [1.82, 2.24) is 4.31 Å². The van der Waals surface area contributed by atoms with Crippen molar-refractivity contribution < 1.29 is 23.1 Å². The van der Waals surface area contributed by atoms with Gasteiger partial charge < -0.3 is 9.84 Å². The lowest BCUT2D eigenvalue weighted by Crippen LogP contribution is -2.49. The molecule has 32 heavy (non-hydrogen) atoms. The molecule has 0 unspecified atom stereocenters. The number of hydrogen-bond acceptors (Lipinski definition) is 5. The fraction of sp³-hybridized carbons (Fsp3) is 0.458. The average Bonchev–Trinajstić information content (AvgIpc) is 2.79. The van der Waals surface area contributed by atoms with Crippen molar-refractivity contribution in [2.45, 2.75) is 49.3 Å². The largest absolute Gasteiger partial charge is 0.497 e. The molecule has 0 radical (unpaired) electrons. The van der Waals surface area contributed by atoms with Crippen LogP contribution in [0.2, 0.25) is 0 Å². The summed E-state index contributed by atoms with van der Waals surface area (Å²) >= 11 is 1.65. The molecule has 3 rings (SSSR count). The van der Waals surface area contributed by atoms with Crippen molar-refractivity contribution in [3.8, 4) is 5.75 Å². The van der Waals surface area contributed by atoms with Crippen LogP contribution in [0, 0.1) is 12.8 Å². The minimum atomic E-state index is -3.88. The van der Waals surface area contributed by atoms with Gasteiger partial charge in [-0.25, -0.2) is 8.42 Å². The highest BCUT2D eigenvalue weighted by Gasteiger charge is 2.45. The zero-order chi connectivity index (χ0) is 23.3. The third-order valence-electron chi connectivity index (χ3n) is 5.90. The van der Waals surface area contributed by atoms with Crippen LogP contribution in [0.5, 0.6) is 5.75 Å². The number of ether oxygens (including phenoxy) is 1. The van der Waals surface area contributed by atoms with Crippen LogP contribution in [0.4, 0.5) is 0 Å². The molecule has 2 aromatic carbocycles. The summed E-state index contributed by atoms with van der Waals surface area (Å²) in [6, 6.07) is 13.6. The summed E-state index contributed by atoms with van der Waals surface area (Å²) < 4.78 is 33.9. The van der Waals surface area contributed by atoms with E-state index in [1.807, 2.05) is 31.2 Å². The van der Waals surface area contributed by atoms with Crippen molar-refractivity contribution in [2.24, 2.45) is 5.92 Å². The number of nitrogens with zero attached hydrogens (tertiary/aromatic N) is 1. The maximum atomic E-state index is 13.6. The minimum absolute atomic E-state index is 0.0496. The van der Waals surface area contributed by atoms with E-state index in [0.29, 0.717) is 12.2 Å². The highest BCUT2D eigenvalue weighted by atomic mass is 32.2. The van der Waals surface area contributed by atoms with Gasteiger partial charge in [-0.05, 0) is 55.3 Å². The lowest BCUT2D eigenvalue weighted by molar-refractivity contribution is -0.143. The number of carbonyl (C=O) groups is 1. The molecule has 2 aromatic rings. The number of aryl methyl sites for hydroxylation is 1. The molecule has 1 saturated heterocycles. The molecule has 0 aromatic heterocycles. The maximum Gasteiger partial charge on any atom is 0.308 e. The minimum Gasteiger partial charge on any atom is -0.497 e. The van der Waals surface area contributed by atoms with Gasteiger partial charge in [-0.2, -0.15) is 16.1 Å². The molecule has 0 aliphatic carbocycles. The molecule has 174 valence electrons. The van der Waals surface area contributed by atoms with Gasteiger partial charge in [0, 0.05) is 11.8 Å². The second-order valence-electron chi connectivity index (χ2n) is 8.12. The molecule has 6 nitrogen and oxygen atoms in total. The standard InChI is InChI=1S/C24H31NO5S2/c1-4-5-14-31-23-15-22(18-8-10-19(30-3)11-9-18)25(16-21(23)24(26)27)32(28,29)20-12-6-17(2)7-13-20/h6-13,21-23H,4-5,14-16H2,1-3H3,(H,26,27)/t21-,22+,23-/m1/s1. The van der Waals surface area contributed by atoms with Crippen LogP contribution in [-0.4, -0.2) is 48.5 Å². The van der Waals surface area contributed by atoms with E-state index in [1.54, 1.807) is 43.1 Å². The van der Waals surface area contributed by atoms with E-state index >= 15 is 0 Å². The topological polar surface area (TPSA) is 83.9 Å². The second kappa shape index (κ2) is 10.7. The van der Waals surface area contributed by atoms with Crippen LogP contribution in [0.3, 0.4) is 0 Å². The normalized spacial score (nSPS) is 21.9. The molecular weight excluding hydrogens is 446 g/mol. The van der Waals surface area contributed by atoms with E-state index in [2.05, 4.69) is 6.92 Å². The third kappa shape index (κ3) is 5.47. The molecule has 1 heterocycles. The summed E-state index contributed by atoms with van der Waals surface area (Å²) in [5, 5.41) is 9.77. The quantitative estimate of drug-likeness (QED) is 0.525. The number of unbranched alkanes of at least 4 members (excludes halogenated alkanes) is 1. The Morgan fingerprint density at radius 1 is 1.16 bits per heavy atom. The van der Waals surface area contributed by atoms with Gasteiger partial charge >= 0.3 is 5.97 Å². The lowest BCUT2D eigenvalue weighted by atomic mass is 9.90. The van der Waals surface area contributed by atoms with Crippen LogP contribution >= 0.6 is 11.8 Å². The monoisotopic (exact) mass is 477 g/mol. The molecule has 1 N–H and O–H groups in total. The van der Waals surface area contributed by atoms with Crippen LogP contribution in [0.25, 0.3) is 0 Å². The van der Waals surface area contributed by atoms with Gasteiger partial charge in [0.25, 0.3) is 0 Å². The summed E-state index contributed by atoms with van der Waals surface area (Å²) in [7, 11) is -2.29.